The minimum absolute atomic E-state index is 0.0318. The first-order valence-electron chi connectivity index (χ1n) is 6.53. The van der Waals surface area contributed by atoms with Crippen LogP contribution in [-0.2, 0) is 0 Å². The first-order chi connectivity index (χ1) is 9.72. The van der Waals surface area contributed by atoms with Crippen LogP contribution in [0.5, 0.6) is 0 Å². The Kier molecular flexibility index (Phi) is 3.51. The van der Waals surface area contributed by atoms with E-state index >= 15 is 0 Å². The Morgan fingerprint density at radius 2 is 2.00 bits per heavy atom. The van der Waals surface area contributed by atoms with Gasteiger partial charge in [0, 0.05) is 24.8 Å². The predicted molar refractivity (Wildman–Crippen MR) is 81.3 cm³/mol. The number of rotatable bonds is 3. The summed E-state index contributed by atoms with van der Waals surface area (Å²) < 4.78 is 0. The van der Waals surface area contributed by atoms with Gasteiger partial charge in [0.1, 0.15) is 6.17 Å². The van der Waals surface area contributed by atoms with Crippen molar-refractivity contribution >= 4 is 23.1 Å². The Morgan fingerprint density at radius 1 is 1.25 bits per heavy atom. The number of aliphatic hydroxyl groups is 1. The second-order valence-electron chi connectivity index (χ2n) is 4.80. The summed E-state index contributed by atoms with van der Waals surface area (Å²) in [5.74, 6) is 0.906. The van der Waals surface area contributed by atoms with Crippen LogP contribution in [0.2, 0.25) is 5.02 Å². The van der Waals surface area contributed by atoms with Crippen LogP contribution in [0.3, 0.4) is 0 Å². The zero-order chi connectivity index (χ0) is 14.1. The zero-order valence-electron chi connectivity index (χ0n) is 11.2. The van der Waals surface area contributed by atoms with Crippen molar-refractivity contribution < 1.29 is 5.11 Å². The molecule has 4 nitrogen and oxygen atoms in total. The summed E-state index contributed by atoms with van der Waals surface area (Å²) in [6, 6.07) is 11.8. The van der Waals surface area contributed by atoms with E-state index in [1.54, 1.807) is 6.20 Å². The van der Waals surface area contributed by atoms with E-state index in [1.807, 2.05) is 43.4 Å². The van der Waals surface area contributed by atoms with E-state index in [0.29, 0.717) is 6.54 Å². The molecule has 0 saturated carbocycles. The molecule has 0 bridgehead atoms. The van der Waals surface area contributed by atoms with Gasteiger partial charge in [0.25, 0.3) is 0 Å². The molecule has 20 heavy (non-hydrogen) atoms. The van der Waals surface area contributed by atoms with E-state index in [1.165, 1.54) is 0 Å². The number of fused-ring (bicyclic) bond motifs is 1. The van der Waals surface area contributed by atoms with Gasteiger partial charge < -0.3 is 14.9 Å². The number of pyridine rings is 1. The predicted octanol–water partition coefficient (Wildman–Crippen LogP) is 2.68. The van der Waals surface area contributed by atoms with Crippen molar-refractivity contribution in [2.24, 2.45) is 0 Å². The first kappa shape index (κ1) is 13.2. The zero-order valence-corrected chi connectivity index (χ0v) is 12.0. The molecule has 0 amide bonds. The van der Waals surface area contributed by atoms with Crippen LogP contribution >= 0.6 is 11.6 Å². The van der Waals surface area contributed by atoms with Crippen molar-refractivity contribution in [1.29, 1.82) is 0 Å². The van der Waals surface area contributed by atoms with Gasteiger partial charge >= 0.3 is 0 Å². The molecule has 2 heterocycles. The highest BCUT2D eigenvalue weighted by Gasteiger charge is 2.35. The first-order valence-corrected chi connectivity index (χ1v) is 6.91. The number of nitrogens with zero attached hydrogens (tertiary/aromatic N) is 3. The lowest BCUT2D eigenvalue weighted by atomic mass is 10.1. The molecular formula is C15H16ClN3O. The fourth-order valence-corrected chi connectivity index (χ4v) is 2.84. The minimum Gasteiger partial charge on any atom is -0.395 e. The van der Waals surface area contributed by atoms with Crippen LogP contribution in [0.1, 0.15) is 11.7 Å². The number of hydrogen-bond donors (Lipinski definition) is 1. The molecule has 1 aromatic carbocycles. The van der Waals surface area contributed by atoms with Gasteiger partial charge in [0.15, 0.2) is 5.82 Å². The second-order valence-corrected chi connectivity index (χ2v) is 5.24. The summed E-state index contributed by atoms with van der Waals surface area (Å²) in [4.78, 5) is 8.73. The normalized spacial score (nSPS) is 17.4. The van der Waals surface area contributed by atoms with E-state index in [2.05, 4.69) is 14.8 Å². The van der Waals surface area contributed by atoms with Gasteiger partial charge in [-0.25, -0.2) is 4.98 Å². The number of anilines is 2. The van der Waals surface area contributed by atoms with Gasteiger partial charge in [-0.15, -0.1) is 0 Å². The number of halogens is 1. The fraction of sp³-hybridized carbons (Fsp3) is 0.267. The summed E-state index contributed by atoms with van der Waals surface area (Å²) in [5.41, 5.74) is 2.20. The SMILES string of the molecule is CN1c2cccnc2N(CCO)C1c1ccc(Cl)cc1. The monoisotopic (exact) mass is 289 g/mol. The number of β-amino-alcohol motifs (C(OH)–C–C–N with tert-alkyl or cyclic N) is 1. The van der Waals surface area contributed by atoms with Gasteiger partial charge in [-0.05, 0) is 29.8 Å². The lowest BCUT2D eigenvalue weighted by Gasteiger charge is -2.30. The average Bonchev–Trinajstić information content (AvgIpc) is 2.74. The molecule has 1 aliphatic heterocycles. The lowest BCUT2D eigenvalue weighted by molar-refractivity contribution is 0.298. The number of aromatic nitrogens is 1. The van der Waals surface area contributed by atoms with E-state index in [-0.39, 0.29) is 12.8 Å². The smallest absolute Gasteiger partial charge is 0.154 e. The molecule has 3 rings (SSSR count). The summed E-state index contributed by atoms with van der Waals surface area (Å²) in [6.45, 7) is 0.635. The molecular weight excluding hydrogens is 274 g/mol. The number of aliphatic hydroxyl groups excluding tert-OH is 1. The molecule has 0 fully saturated rings. The largest absolute Gasteiger partial charge is 0.395 e. The molecule has 1 aliphatic rings. The Bertz CT molecular complexity index is 602. The van der Waals surface area contributed by atoms with Crippen molar-refractivity contribution in [3.63, 3.8) is 0 Å². The molecule has 5 heteroatoms. The molecule has 1 atom stereocenters. The maximum absolute atomic E-state index is 9.34. The standard InChI is InChI=1S/C15H16ClN3O/c1-18-13-3-2-8-17-14(13)19(9-10-20)15(18)11-4-6-12(16)7-5-11/h2-8,15,20H,9-10H2,1H3. The topological polar surface area (TPSA) is 39.6 Å². The molecule has 0 radical (unpaired) electrons. The van der Waals surface area contributed by atoms with Gasteiger partial charge in [0.2, 0.25) is 0 Å². The summed E-state index contributed by atoms with van der Waals surface area (Å²) in [5, 5.41) is 10.1. The molecule has 0 saturated heterocycles. The molecule has 0 aliphatic carbocycles. The lowest BCUT2D eigenvalue weighted by Crippen LogP contribution is -2.35. The Morgan fingerprint density at radius 3 is 2.70 bits per heavy atom. The maximum Gasteiger partial charge on any atom is 0.154 e. The molecule has 104 valence electrons. The van der Waals surface area contributed by atoms with Gasteiger partial charge in [-0.3, -0.25) is 0 Å². The third kappa shape index (κ3) is 2.11. The second kappa shape index (κ2) is 5.31. The highest BCUT2D eigenvalue weighted by atomic mass is 35.5. The third-order valence-electron chi connectivity index (χ3n) is 3.59. The molecule has 1 unspecified atom stereocenters. The van der Waals surface area contributed by atoms with Crippen LogP contribution in [0.25, 0.3) is 0 Å². The number of benzene rings is 1. The van der Waals surface area contributed by atoms with Crippen molar-refractivity contribution in [2.45, 2.75) is 6.17 Å². The number of hydrogen-bond acceptors (Lipinski definition) is 4. The Hall–Kier alpha value is -1.78. The van der Waals surface area contributed by atoms with E-state index in [9.17, 15) is 5.11 Å². The van der Waals surface area contributed by atoms with E-state index in [4.69, 9.17) is 11.6 Å². The minimum atomic E-state index is 0.0318. The quantitative estimate of drug-likeness (QED) is 0.943. The van der Waals surface area contributed by atoms with Gasteiger partial charge in [-0.1, -0.05) is 23.7 Å². The van der Waals surface area contributed by atoms with Crippen molar-refractivity contribution in [3.05, 3.63) is 53.2 Å². The van der Waals surface area contributed by atoms with Crippen LogP contribution in [0.15, 0.2) is 42.6 Å². The molecule has 1 N–H and O–H groups in total. The van der Waals surface area contributed by atoms with Crippen molar-refractivity contribution in [2.75, 3.05) is 30.0 Å². The van der Waals surface area contributed by atoms with E-state index in [0.717, 1.165) is 22.1 Å². The van der Waals surface area contributed by atoms with Crippen LogP contribution in [-0.4, -0.2) is 30.3 Å². The molecule has 2 aromatic rings. The fourth-order valence-electron chi connectivity index (χ4n) is 2.72. The Balaban J connectivity index is 2.04. The van der Waals surface area contributed by atoms with Gasteiger partial charge in [0.05, 0.1) is 12.3 Å². The summed E-state index contributed by atoms with van der Waals surface area (Å²) in [6.07, 6.45) is 1.81. The summed E-state index contributed by atoms with van der Waals surface area (Å²) >= 11 is 5.96. The maximum atomic E-state index is 9.34. The van der Waals surface area contributed by atoms with Gasteiger partial charge in [-0.2, -0.15) is 0 Å². The van der Waals surface area contributed by atoms with Crippen LogP contribution in [0, 0.1) is 0 Å². The highest BCUT2D eigenvalue weighted by molar-refractivity contribution is 6.30. The average molecular weight is 290 g/mol. The van der Waals surface area contributed by atoms with Crippen molar-refractivity contribution in [1.82, 2.24) is 4.98 Å². The summed E-state index contributed by atoms with van der Waals surface area (Å²) in [7, 11) is 2.04. The van der Waals surface area contributed by atoms with E-state index < -0.39 is 0 Å². The molecule has 1 aromatic heterocycles. The van der Waals surface area contributed by atoms with Crippen LogP contribution < -0.4 is 9.80 Å². The van der Waals surface area contributed by atoms with Crippen molar-refractivity contribution in [3.8, 4) is 0 Å². The Labute approximate surface area is 123 Å². The highest BCUT2D eigenvalue weighted by Crippen LogP contribution is 2.43. The van der Waals surface area contributed by atoms with Crippen LogP contribution in [0.4, 0.5) is 11.5 Å². The third-order valence-corrected chi connectivity index (χ3v) is 3.84. The molecule has 0 spiro atoms.